The number of piperidine rings is 1. The highest BCUT2D eigenvalue weighted by Gasteiger charge is 2.29. The van der Waals surface area contributed by atoms with Crippen LogP contribution in [0.25, 0.3) is 0 Å². The summed E-state index contributed by atoms with van der Waals surface area (Å²) in [5, 5.41) is 0. The molecule has 2 unspecified atom stereocenters. The molecule has 1 amide bonds. The van der Waals surface area contributed by atoms with Crippen molar-refractivity contribution in [3.05, 3.63) is 35.9 Å². The first-order chi connectivity index (χ1) is 10.2. The predicted octanol–water partition coefficient (Wildman–Crippen LogP) is 1.97. The van der Waals surface area contributed by atoms with Gasteiger partial charge < -0.3 is 15.4 Å². The monoisotopic (exact) mass is 290 g/mol. The number of aryl methyl sites for hydroxylation is 1. The molecule has 2 N–H and O–H groups in total. The molecule has 1 aliphatic heterocycles. The molecule has 0 aromatic heterocycles. The first-order valence-electron chi connectivity index (χ1n) is 7.81. The lowest BCUT2D eigenvalue weighted by atomic mass is 9.95. The zero-order chi connectivity index (χ0) is 15.1. The zero-order valence-corrected chi connectivity index (χ0v) is 12.8. The van der Waals surface area contributed by atoms with Crippen LogP contribution in [0.3, 0.4) is 0 Å². The van der Waals surface area contributed by atoms with E-state index in [0.717, 1.165) is 32.2 Å². The molecule has 0 saturated carbocycles. The van der Waals surface area contributed by atoms with Crippen molar-refractivity contribution in [2.75, 3.05) is 20.3 Å². The molecule has 2 rings (SSSR count). The number of rotatable bonds is 6. The first kappa shape index (κ1) is 16.0. The molecule has 4 nitrogen and oxygen atoms in total. The molecular formula is C17H26N2O2. The van der Waals surface area contributed by atoms with E-state index in [4.69, 9.17) is 10.5 Å². The van der Waals surface area contributed by atoms with Gasteiger partial charge in [0.15, 0.2) is 0 Å². The van der Waals surface area contributed by atoms with E-state index in [0.29, 0.717) is 12.6 Å². The highest BCUT2D eigenvalue weighted by atomic mass is 16.5. The molecular weight excluding hydrogens is 264 g/mol. The number of methoxy groups -OCH3 is 1. The van der Waals surface area contributed by atoms with Crippen LogP contribution in [0.4, 0.5) is 0 Å². The predicted molar refractivity (Wildman–Crippen MR) is 84.0 cm³/mol. The van der Waals surface area contributed by atoms with E-state index < -0.39 is 6.04 Å². The van der Waals surface area contributed by atoms with Gasteiger partial charge in [-0.15, -0.1) is 0 Å². The Bertz CT molecular complexity index is 436. The van der Waals surface area contributed by atoms with Crippen LogP contribution in [0.15, 0.2) is 30.3 Å². The third-order valence-electron chi connectivity index (χ3n) is 4.18. The fourth-order valence-electron chi connectivity index (χ4n) is 3.03. The molecule has 1 aromatic carbocycles. The molecule has 1 fully saturated rings. The summed E-state index contributed by atoms with van der Waals surface area (Å²) >= 11 is 0. The molecule has 1 aromatic rings. The topological polar surface area (TPSA) is 55.6 Å². The van der Waals surface area contributed by atoms with Gasteiger partial charge in [0, 0.05) is 19.7 Å². The number of ether oxygens (including phenoxy) is 1. The average Bonchev–Trinajstić information content (AvgIpc) is 2.54. The highest BCUT2D eigenvalue weighted by Crippen LogP contribution is 2.22. The first-order valence-corrected chi connectivity index (χ1v) is 7.81. The number of carbonyl (C=O) groups is 1. The smallest absolute Gasteiger partial charge is 0.242 e. The van der Waals surface area contributed by atoms with Crippen molar-refractivity contribution >= 4 is 5.91 Å². The Balaban J connectivity index is 1.93. The minimum Gasteiger partial charge on any atom is -0.383 e. The summed E-state index contributed by atoms with van der Waals surface area (Å²) < 4.78 is 5.01. The van der Waals surface area contributed by atoms with E-state index in [1.165, 1.54) is 12.0 Å². The second-order valence-corrected chi connectivity index (χ2v) is 5.77. The molecule has 0 spiro atoms. The summed E-state index contributed by atoms with van der Waals surface area (Å²) in [6.45, 7) is 1.12. The Hall–Kier alpha value is -1.39. The number of nitrogens with two attached hydrogens (primary N) is 1. The van der Waals surface area contributed by atoms with Gasteiger partial charge in [0.2, 0.25) is 5.91 Å². The molecule has 116 valence electrons. The van der Waals surface area contributed by atoms with Gasteiger partial charge >= 0.3 is 0 Å². The van der Waals surface area contributed by atoms with Crippen LogP contribution in [0.1, 0.15) is 31.2 Å². The number of hydrogen-bond donors (Lipinski definition) is 1. The van der Waals surface area contributed by atoms with Crippen LogP contribution < -0.4 is 5.73 Å². The fraction of sp³-hybridized carbons (Fsp3) is 0.588. The molecule has 1 aliphatic rings. The summed E-state index contributed by atoms with van der Waals surface area (Å²) in [6.07, 6.45) is 5.37. The minimum atomic E-state index is -0.535. The van der Waals surface area contributed by atoms with Gasteiger partial charge in [-0.25, -0.2) is 0 Å². The van der Waals surface area contributed by atoms with Gasteiger partial charge in [0.1, 0.15) is 6.04 Å². The second-order valence-electron chi connectivity index (χ2n) is 5.77. The second kappa shape index (κ2) is 8.15. The Morgan fingerprint density at radius 3 is 2.86 bits per heavy atom. The summed E-state index contributed by atoms with van der Waals surface area (Å²) in [4.78, 5) is 14.4. The van der Waals surface area contributed by atoms with Crippen LogP contribution in [0.5, 0.6) is 0 Å². The molecule has 1 saturated heterocycles. The summed E-state index contributed by atoms with van der Waals surface area (Å²) in [6, 6.07) is 10.2. The van der Waals surface area contributed by atoms with Crippen molar-refractivity contribution in [1.29, 1.82) is 0 Å². The molecule has 0 radical (unpaired) electrons. The Morgan fingerprint density at radius 2 is 2.14 bits per heavy atom. The van der Waals surface area contributed by atoms with E-state index in [9.17, 15) is 4.79 Å². The van der Waals surface area contributed by atoms with Gasteiger partial charge in [-0.1, -0.05) is 30.3 Å². The summed E-state index contributed by atoms with van der Waals surface area (Å²) in [5.41, 5.74) is 7.24. The van der Waals surface area contributed by atoms with Crippen molar-refractivity contribution in [2.45, 2.75) is 44.2 Å². The summed E-state index contributed by atoms with van der Waals surface area (Å²) in [5.74, 6) is 0.0367. The van der Waals surface area contributed by atoms with Gasteiger partial charge in [0.25, 0.3) is 0 Å². The van der Waals surface area contributed by atoms with Crippen molar-refractivity contribution in [1.82, 2.24) is 4.90 Å². The third-order valence-corrected chi connectivity index (χ3v) is 4.18. The van der Waals surface area contributed by atoms with Crippen molar-refractivity contribution in [3.63, 3.8) is 0 Å². The maximum atomic E-state index is 12.4. The number of hydrogen-bond acceptors (Lipinski definition) is 3. The van der Waals surface area contributed by atoms with Crippen LogP contribution in [-0.2, 0) is 16.0 Å². The molecule has 2 atom stereocenters. The van der Waals surface area contributed by atoms with Crippen LogP contribution in [0, 0.1) is 0 Å². The number of benzene rings is 1. The van der Waals surface area contributed by atoms with E-state index >= 15 is 0 Å². The largest absolute Gasteiger partial charge is 0.383 e. The van der Waals surface area contributed by atoms with Gasteiger partial charge in [0.05, 0.1) is 6.61 Å². The maximum Gasteiger partial charge on any atom is 0.242 e. The number of nitrogens with zero attached hydrogens (tertiary/aromatic N) is 1. The van der Waals surface area contributed by atoms with E-state index in [1.54, 1.807) is 7.11 Å². The van der Waals surface area contributed by atoms with Gasteiger partial charge in [-0.05, 0) is 37.7 Å². The van der Waals surface area contributed by atoms with Gasteiger partial charge in [-0.2, -0.15) is 0 Å². The van der Waals surface area contributed by atoms with E-state index in [2.05, 4.69) is 24.3 Å². The number of likely N-dealkylation sites (tertiary alicyclic amines) is 1. The SMILES string of the molecule is COCC(N)C(=O)N1CCCCC1CCc1ccccc1. The molecule has 0 bridgehead atoms. The standard InChI is InChI=1S/C17H26N2O2/c1-21-13-16(18)17(20)19-12-6-5-9-15(19)11-10-14-7-3-2-4-8-14/h2-4,7-8,15-16H,5-6,9-13,18H2,1H3. The minimum absolute atomic E-state index is 0.0367. The maximum absolute atomic E-state index is 12.4. The quantitative estimate of drug-likeness (QED) is 0.871. The van der Waals surface area contributed by atoms with Crippen molar-refractivity contribution < 1.29 is 9.53 Å². The summed E-state index contributed by atoms with van der Waals surface area (Å²) in [7, 11) is 1.58. The molecule has 0 aliphatic carbocycles. The number of carbonyl (C=O) groups excluding carboxylic acids is 1. The third kappa shape index (κ3) is 4.55. The lowest BCUT2D eigenvalue weighted by Gasteiger charge is -2.37. The zero-order valence-electron chi connectivity index (χ0n) is 12.8. The van der Waals surface area contributed by atoms with Crippen molar-refractivity contribution in [3.8, 4) is 0 Å². The van der Waals surface area contributed by atoms with E-state index in [-0.39, 0.29) is 5.91 Å². The lowest BCUT2D eigenvalue weighted by Crippen LogP contribution is -2.52. The molecule has 4 heteroatoms. The van der Waals surface area contributed by atoms with Crippen LogP contribution in [-0.4, -0.2) is 43.2 Å². The van der Waals surface area contributed by atoms with E-state index in [1.807, 2.05) is 11.0 Å². The Morgan fingerprint density at radius 1 is 1.38 bits per heavy atom. The van der Waals surface area contributed by atoms with Crippen LogP contribution in [0.2, 0.25) is 0 Å². The highest BCUT2D eigenvalue weighted by molar-refractivity contribution is 5.82. The van der Waals surface area contributed by atoms with Crippen LogP contribution >= 0.6 is 0 Å². The number of amides is 1. The normalized spacial score (nSPS) is 20.3. The Labute approximate surface area is 127 Å². The van der Waals surface area contributed by atoms with Crippen molar-refractivity contribution in [2.24, 2.45) is 5.73 Å². The molecule has 21 heavy (non-hydrogen) atoms. The average molecular weight is 290 g/mol. The van der Waals surface area contributed by atoms with Gasteiger partial charge in [-0.3, -0.25) is 4.79 Å². The Kier molecular flexibility index (Phi) is 6.21. The fourth-order valence-corrected chi connectivity index (χ4v) is 3.03. The lowest BCUT2D eigenvalue weighted by molar-refractivity contribution is -0.137. The molecule has 1 heterocycles.